The molecule has 2 amide bonds. The maximum Gasteiger partial charge on any atom is 0.253 e. The van der Waals surface area contributed by atoms with Gasteiger partial charge in [0.2, 0.25) is 5.91 Å². The van der Waals surface area contributed by atoms with Gasteiger partial charge in [0.25, 0.3) is 5.91 Å². The number of carbonyl (C=O) groups excluding carboxylic acids is 2. The number of nitrogens with one attached hydrogen (secondary N) is 1. The van der Waals surface area contributed by atoms with E-state index in [2.05, 4.69) is 28.4 Å². The van der Waals surface area contributed by atoms with E-state index in [0.717, 1.165) is 12.2 Å². The van der Waals surface area contributed by atoms with Crippen molar-refractivity contribution < 1.29 is 14.3 Å². The number of piperazine rings is 1. The first-order valence-electron chi connectivity index (χ1n) is 13.7. The quantitative estimate of drug-likeness (QED) is 0.623. The molecular weight excluding hydrogens is 466 g/mol. The molecular formula is C29H37N5O3. The molecule has 8 heteroatoms. The highest BCUT2D eigenvalue weighted by Crippen LogP contribution is 2.39. The summed E-state index contributed by atoms with van der Waals surface area (Å²) in [5.74, 6) is -0.0665. The molecule has 2 saturated heterocycles. The summed E-state index contributed by atoms with van der Waals surface area (Å²) in [5, 5.41) is 3.57. The van der Waals surface area contributed by atoms with Gasteiger partial charge in [0.05, 0.1) is 31.3 Å². The third-order valence-corrected chi connectivity index (χ3v) is 8.48. The van der Waals surface area contributed by atoms with Gasteiger partial charge >= 0.3 is 0 Å². The number of rotatable bonds is 4. The first-order chi connectivity index (χ1) is 18.0. The average molecular weight is 504 g/mol. The van der Waals surface area contributed by atoms with Crippen LogP contribution in [0.3, 0.4) is 0 Å². The smallest absolute Gasteiger partial charge is 0.253 e. The Morgan fingerprint density at radius 3 is 2.16 bits per heavy atom. The summed E-state index contributed by atoms with van der Waals surface area (Å²) < 4.78 is 5.13. The van der Waals surface area contributed by atoms with Crippen molar-refractivity contribution >= 4 is 23.2 Å². The molecule has 37 heavy (non-hydrogen) atoms. The Kier molecular flexibility index (Phi) is 6.55. The van der Waals surface area contributed by atoms with E-state index in [4.69, 9.17) is 10.5 Å². The molecule has 3 heterocycles. The van der Waals surface area contributed by atoms with E-state index in [1.54, 1.807) is 4.90 Å². The minimum Gasteiger partial charge on any atom is -0.376 e. The Balaban J connectivity index is 1.11. The number of hydrogen-bond acceptors (Lipinski definition) is 6. The molecule has 0 bridgehead atoms. The van der Waals surface area contributed by atoms with Crippen molar-refractivity contribution in [1.82, 2.24) is 9.80 Å². The molecule has 0 aromatic heterocycles. The number of amides is 2. The fraction of sp³-hybridized carbons (Fsp3) is 0.517. The monoisotopic (exact) mass is 503 g/mol. The molecule has 3 aliphatic heterocycles. The summed E-state index contributed by atoms with van der Waals surface area (Å²) in [6.45, 7) is 3.46. The zero-order valence-corrected chi connectivity index (χ0v) is 21.5. The molecule has 0 atom stereocenters. The molecule has 2 aromatic carbocycles. The maximum atomic E-state index is 13.2. The fourth-order valence-corrected chi connectivity index (χ4v) is 6.11. The van der Waals surface area contributed by atoms with Crippen LogP contribution in [-0.4, -0.2) is 79.3 Å². The summed E-state index contributed by atoms with van der Waals surface area (Å²) in [5.41, 5.74) is 10.7. The molecule has 1 aliphatic carbocycles. The molecule has 3 fully saturated rings. The lowest BCUT2D eigenvalue weighted by Gasteiger charge is -2.43. The Morgan fingerprint density at radius 1 is 0.865 bits per heavy atom. The highest BCUT2D eigenvalue weighted by molar-refractivity contribution is 5.95. The van der Waals surface area contributed by atoms with Crippen molar-refractivity contribution in [2.75, 3.05) is 56.3 Å². The number of hydrogen-bond donors (Lipinski definition) is 2. The molecule has 0 unspecified atom stereocenters. The SMILES string of the molecule is NC1(C(=O)N2CCN(C(=O)c3ccc(-c4ccc5c(c4)N(C4CCCCCC4)CN5)cc3)CC2)COC1. The highest BCUT2D eigenvalue weighted by atomic mass is 16.5. The standard InChI is InChI=1S/C29H37N5O3/c30-29(18-37-19-29)28(36)33-15-13-32(14-16-33)27(35)22-9-7-21(8-10-22)23-11-12-25-26(17-23)34(20-31-25)24-5-3-1-2-4-6-24/h7-12,17,24,31H,1-6,13-16,18-20,30H2. The zero-order valence-electron chi connectivity index (χ0n) is 21.5. The van der Waals surface area contributed by atoms with E-state index in [1.165, 1.54) is 55.5 Å². The lowest BCUT2D eigenvalue weighted by molar-refractivity contribution is -0.155. The second-order valence-corrected chi connectivity index (χ2v) is 11.0. The predicted molar refractivity (Wildman–Crippen MR) is 145 cm³/mol. The van der Waals surface area contributed by atoms with Crippen LogP contribution in [0.2, 0.25) is 0 Å². The Morgan fingerprint density at radius 2 is 1.51 bits per heavy atom. The number of fused-ring (bicyclic) bond motifs is 1. The van der Waals surface area contributed by atoms with Gasteiger partial charge in [-0.25, -0.2) is 0 Å². The van der Waals surface area contributed by atoms with Crippen molar-refractivity contribution in [2.24, 2.45) is 5.73 Å². The molecule has 3 N–H and O–H groups in total. The minimum absolute atomic E-state index is 0.00535. The molecule has 0 spiro atoms. The highest BCUT2D eigenvalue weighted by Gasteiger charge is 2.45. The van der Waals surface area contributed by atoms with E-state index in [0.29, 0.717) is 37.8 Å². The number of benzene rings is 2. The van der Waals surface area contributed by atoms with Crippen LogP contribution in [0, 0.1) is 0 Å². The van der Waals surface area contributed by atoms with Crippen molar-refractivity contribution in [3.8, 4) is 11.1 Å². The van der Waals surface area contributed by atoms with Gasteiger partial charge in [-0.2, -0.15) is 0 Å². The van der Waals surface area contributed by atoms with Gasteiger partial charge < -0.3 is 30.5 Å². The van der Waals surface area contributed by atoms with Crippen LogP contribution in [0.15, 0.2) is 42.5 Å². The van der Waals surface area contributed by atoms with E-state index >= 15 is 0 Å². The lowest BCUT2D eigenvalue weighted by Crippen LogP contribution is -2.68. The summed E-state index contributed by atoms with van der Waals surface area (Å²) >= 11 is 0. The minimum atomic E-state index is -0.887. The summed E-state index contributed by atoms with van der Waals surface area (Å²) in [6, 6.07) is 15.2. The number of nitrogens with zero attached hydrogens (tertiary/aromatic N) is 3. The Hall–Kier alpha value is -3.10. The third-order valence-electron chi connectivity index (χ3n) is 8.48. The summed E-state index contributed by atoms with van der Waals surface area (Å²) in [4.78, 5) is 31.9. The van der Waals surface area contributed by atoms with Crippen LogP contribution in [0.1, 0.15) is 48.9 Å². The van der Waals surface area contributed by atoms with Gasteiger partial charge in [-0.3, -0.25) is 9.59 Å². The zero-order chi connectivity index (χ0) is 25.4. The van der Waals surface area contributed by atoms with Crippen LogP contribution >= 0.6 is 0 Å². The first kappa shape index (κ1) is 24.2. The molecule has 1 saturated carbocycles. The predicted octanol–water partition coefficient (Wildman–Crippen LogP) is 3.28. The Bertz CT molecular complexity index is 1150. The third kappa shape index (κ3) is 4.68. The number of anilines is 2. The largest absolute Gasteiger partial charge is 0.376 e. The molecule has 2 aromatic rings. The summed E-state index contributed by atoms with van der Waals surface area (Å²) in [7, 11) is 0. The lowest BCUT2D eigenvalue weighted by atomic mass is 9.96. The normalized spacial score (nSPS) is 21.6. The van der Waals surface area contributed by atoms with Crippen molar-refractivity contribution in [2.45, 2.75) is 50.1 Å². The topological polar surface area (TPSA) is 91.1 Å². The average Bonchev–Trinajstić information content (AvgIpc) is 3.16. The Labute approximate surface area is 218 Å². The maximum absolute atomic E-state index is 13.2. The number of ether oxygens (including phenoxy) is 1. The van der Waals surface area contributed by atoms with E-state index in [9.17, 15) is 9.59 Å². The van der Waals surface area contributed by atoms with Crippen molar-refractivity contribution in [3.63, 3.8) is 0 Å². The second kappa shape index (κ2) is 9.99. The van der Waals surface area contributed by atoms with Gasteiger partial charge in [-0.05, 0) is 48.2 Å². The van der Waals surface area contributed by atoms with E-state index in [-0.39, 0.29) is 25.0 Å². The first-order valence-corrected chi connectivity index (χ1v) is 13.7. The van der Waals surface area contributed by atoms with Gasteiger partial charge in [0.15, 0.2) is 0 Å². The van der Waals surface area contributed by atoms with Crippen molar-refractivity contribution in [1.29, 1.82) is 0 Å². The van der Waals surface area contributed by atoms with Crippen LogP contribution in [-0.2, 0) is 9.53 Å². The van der Waals surface area contributed by atoms with E-state index < -0.39 is 5.54 Å². The van der Waals surface area contributed by atoms with Crippen LogP contribution in [0.5, 0.6) is 0 Å². The van der Waals surface area contributed by atoms with Gasteiger partial charge in [0, 0.05) is 37.8 Å². The van der Waals surface area contributed by atoms with Crippen LogP contribution in [0.4, 0.5) is 11.4 Å². The molecule has 6 rings (SSSR count). The second-order valence-electron chi connectivity index (χ2n) is 11.0. The molecule has 4 aliphatic rings. The van der Waals surface area contributed by atoms with Gasteiger partial charge in [0.1, 0.15) is 5.54 Å². The van der Waals surface area contributed by atoms with Gasteiger partial charge in [-0.15, -0.1) is 0 Å². The summed E-state index contributed by atoms with van der Waals surface area (Å²) in [6.07, 6.45) is 7.89. The number of carbonyl (C=O) groups is 2. The van der Waals surface area contributed by atoms with Crippen LogP contribution < -0.4 is 16.0 Å². The molecule has 0 radical (unpaired) electrons. The number of nitrogens with two attached hydrogens (primary N) is 1. The van der Waals surface area contributed by atoms with Crippen molar-refractivity contribution in [3.05, 3.63) is 48.0 Å². The fourth-order valence-electron chi connectivity index (χ4n) is 6.11. The van der Waals surface area contributed by atoms with Crippen LogP contribution in [0.25, 0.3) is 11.1 Å². The molecule has 8 nitrogen and oxygen atoms in total. The molecule has 196 valence electrons. The van der Waals surface area contributed by atoms with Gasteiger partial charge in [-0.1, -0.05) is 43.9 Å². The van der Waals surface area contributed by atoms with E-state index in [1.807, 2.05) is 29.2 Å².